The molecule has 3 heteroatoms. The summed E-state index contributed by atoms with van der Waals surface area (Å²) in [5.74, 6) is 0. The van der Waals surface area contributed by atoms with Crippen LogP contribution in [0.5, 0.6) is 0 Å². The van der Waals surface area contributed by atoms with Gasteiger partial charge < -0.3 is 4.80 Å². The zero-order valence-electron chi connectivity index (χ0n) is 6.57. The van der Waals surface area contributed by atoms with E-state index in [0.717, 1.165) is 18.1 Å². The Kier molecular flexibility index (Phi) is 7.90. The van der Waals surface area contributed by atoms with Crippen molar-refractivity contribution < 1.29 is 26.5 Å². The average Bonchev–Trinajstić information content (AvgIpc) is 1.87. The third-order valence-corrected chi connectivity index (χ3v) is 5.92. The molecule has 0 unspecified atom stereocenters. The fourth-order valence-electron chi connectivity index (χ4n) is 0.750. The standard InChI is InChI=1S/C6H16OSi.Ti/c1-4-8(7,5-2)6-3;/h7H,4-6H2,1-3H3;. The van der Waals surface area contributed by atoms with Gasteiger partial charge in [0.15, 0.2) is 8.32 Å². The molecule has 54 valence electrons. The second-order valence-corrected chi connectivity index (χ2v) is 6.86. The van der Waals surface area contributed by atoms with E-state index in [1.54, 1.807) is 0 Å². The Morgan fingerprint density at radius 2 is 1.22 bits per heavy atom. The number of rotatable bonds is 3. The van der Waals surface area contributed by atoms with Crippen LogP contribution in [0, 0.1) is 0 Å². The van der Waals surface area contributed by atoms with Crippen LogP contribution in [0.2, 0.25) is 18.1 Å². The Labute approximate surface area is 73.9 Å². The van der Waals surface area contributed by atoms with Crippen molar-refractivity contribution in [2.75, 3.05) is 0 Å². The van der Waals surface area contributed by atoms with Crippen LogP contribution in [0.3, 0.4) is 0 Å². The van der Waals surface area contributed by atoms with Crippen molar-refractivity contribution in [3.63, 3.8) is 0 Å². The first-order chi connectivity index (χ1) is 3.68. The Balaban J connectivity index is 0. The molecule has 1 N–H and O–H groups in total. The zero-order chi connectivity index (χ0) is 6.62. The molecule has 0 aromatic rings. The first kappa shape index (κ1) is 12.6. The summed E-state index contributed by atoms with van der Waals surface area (Å²) < 4.78 is 0. The van der Waals surface area contributed by atoms with Crippen molar-refractivity contribution in [3.05, 3.63) is 0 Å². The molecule has 0 aliphatic rings. The van der Waals surface area contributed by atoms with Crippen LogP contribution in [0.25, 0.3) is 0 Å². The van der Waals surface area contributed by atoms with Gasteiger partial charge in [0.1, 0.15) is 0 Å². The molecule has 0 saturated carbocycles. The van der Waals surface area contributed by atoms with Crippen molar-refractivity contribution in [2.45, 2.75) is 38.9 Å². The molecule has 1 nitrogen and oxygen atoms in total. The molecule has 0 aliphatic carbocycles. The Morgan fingerprint density at radius 3 is 1.22 bits per heavy atom. The van der Waals surface area contributed by atoms with Gasteiger partial charge in [-0.25, -0.2) is 0 Å². The Morgan fingerprint density at radius 1 is 1.00 bits per heavy atom. The summed E-state index contributed by atoms with van der Waals surface area (Å²) in [5.41, 5.74) is 0. The van der Waals surface area contributed by atoms with Crippen LogP contribution >= 0.6 is 0 Å². The van der Waals surface area contributed by atoms with Crippen molar-refractivity contribution in [3.8, 4) is 0 Å². The normalized spacial score (nSPS) is 10.7. The molecule has 0 aromatic carbocycles. The van der Waals surface area contributed by atoms with Crippen LogP contribution in [-0.4, -0.2) is 13.1 Å². The summed E-state index contributed by atoms with van der Waals surface area (Å²) in [7, 11) is -1.67. The topological polar surface area (TPSA) is 20.2 Å². The minimum Gasteiger partial charge on any atom is -0.432 e. The molecule has 0 rings (SSSR count). The van der Waals surface area contributed by atoms with E-state index < -0.39 is 8.32 Å². The third-order valence-electron chi connectivity index (χ3n) is 1.97. The minimum absolute atomic E-state index is 0. The van der Waals surface area contributed by atoms with Crippen molar-refractivity contribution in [1.82, 2.24) is 0 Å². The molecule has 0 radical (unpaired) electrons. The second-order valence-electron chi connectivity index (χ2n) is 2.29. The predicted octanol–water partition coefficient (Wildman–Crippen LogP) is 1.98. The van der Waals surface area contributed by atoms with Crippen molar-refractivity contribution in [2.24, 2.45) is 0 Å². The number of hydrogen-bond donors (Lipinski definition) is 1. The van der Waals surface area contributed by atoms with Gasteiger partial charge >= 0.3 is 0 Å². The Hall–Kier alpha value is 0.891. The quantitative estimate of drug-likeness (QED) is 0.658. The van der Waals surface area contributed by atoms with Crippen molar-refractivity contribution in [1.29, 1.82) is 0 Å². The summed E-state index contributed by atoms with van der Waals surface area (Å²) in [6.45, 7) is 6.25. The maximum Gasteiger partial charge on any atom is 0.187 e. The molecule has 9 heavy (non-hydrogen) atoms. The first-order valence-electron chi connectivity index (χ1n) is 3.41. The second kappa shape index (κ2) is 5.66. The van der Waals surface area contributed by atoms with Gasteiger partial charge in [-0.1, -0.05) is 20.8 Å². The van der Waals surface area contributed by atoms with Crippen LogP contribution < -0.4 is 0 Å². The molecule has 0 heterocycles. The fraction of sp³-hybridized carbons (Fsp3) is 1.00. The van der Waals surface area contributed by atoms with E-state index in [4.69, 9.17) is 0 Å². The number of hydrogen-bond acceptors (Lipinski definition) is 1. The smallest absolute Gasteiger partial charge is 0.187 e. The van der Waals surface area contributed by atoms with Crippen LogP contribution in [0.4, 0.5) is 0 Å². The van der Waals surface area contributed by atoms with E-state index in [1.165, 1.54) is 0 Å². The maximum atomic E-state index is 9.58. The Bertz CT molecular complexity index is 55.8. The summed E-state index contributed by atoms with van der Waals surface area (Å²) in [5, 5.41) is 0. The molecule has 0 fully saturated rings. The van der Waals surface area contributed by atoms with Gasteiger partial charge in [-0.3, -0.25) is 0 Å². The van der Waals surface area contributed by atoms with Gasteiger partial charge in [-0.05, 0) is 18.1 Å². The summed E-state index contributed by atoms with van der Waals surface area (Å²) >= 11 is 0. The van der Waals surface area contributed by atoms with Gasteiger partial charge in [0.05, 0.1) is 0 Å². The van der Waals surface area contributed by atoms with Crippen LogP contribution in [-0.2, 0) is 21.7 Å². The van der Waals surface area contributed by atoms with E-state index in [2.05, 4.69) is 20.8 Å². The molecular formula is C6H16OSiTi. The van der Waals surface area contributed by atoms with Gasteiger partial charge in [0.2, 0.25) is 0 Å². The van der Waals surface area contributed by atoms with E-state index >= 15 is 0 Å². The summed E-state index contributed by atoms with van der Waals surface area (Å²) in [4.78, 5) is 9.58. The fourth-order valence-corrected chi connectivity index (χ4v) is 2.25. The average molecular weight is 180 g/mol. The SMILES string of the molecule is CC[Si](O)(CC)CC.[Ti]. The minimum atomic E-state index is -1.67. The van der Waals surface area contributed by atoms with Gasteiger partial charge in [-0.15, -0.1) is 0 Å². The largest absolute Gasteiger partial charge is 0.432 e. The summed E-state index contributed by atoms with van der Waals surface area (Å²) in [6.07, 6.45) is 0. The maximum absolute atomic E-state index is 9.58. The molecule has 0 amide bonds. The molecule has 0 bridgehead atoms. The molecule has 0 aromatic heterocycles. The van der Waals surface area contributed by atoms with Crippen LogP contribution in [0.15, 0.2) is 0 Å². The molecule has 0 atom stereocenters. The molecule has 0 saturated heterocycles. The van der Waals surface area contributed by atoms with Gasteiger partial charge in [-0.2, -0.15) is 0 Å². The van der Waals surface area contributed by atoms with Gasteiger partial charge in [0.25, 0.3) is 0 Å². The van der Waals surface area contributed by atoms with E-state index in [0.29, 0.717) is 0 Å². The van der Waals surface area contributed by atoms with E-state index in [1.807, 2.05) is 0 Å². The van der Waals surface area contributed by atoms with Gasteiger partial charge in [0, 0.05) is 21.7 Å². The molecule has 0 spiro atoms. The summed E-state index contributed by atoms with van der Waals surface area (Å²) in [6, 6.07) is 3.04. The van der Waals surface area contributed by atoms with E-state index in [-0.39, 0.29) is 21.7 Å². The van der Waals surface area contributed by atoms with Crippen molar-refractivity contribution >= 4 is 8.32 Å². The van der Waals surface area contributed by atoms with E-state index in [9.17, 15) is 4.80 Å². The van der Waals surface area contributed by atoms with Crippen LogP contribution in [0.1, 0.15) is 20.8 Å². The monoisotopic (exact) mass is 180 g/mol. The molecule has 0 aliphatic heterocycles. The predicted molar refractivity (Wildman–Crippen MR) is 39.4 cm³/mol. The first-order valence-corrected chi connectivity index (χ1v) is 5.97. The molecular weight excluding hydrogens is 164 g/mol. The zero-order valence-corrected chi connectivity index (χ0v) is 9.13. The third kappa shape index (κ3) is 4.32.